The van der Waals surface area contributed by atoms with E-state index in [9.17, 15) is 12.8 Å². The number of furan rings is 1. The first-order chi connectivity index (χ1) is 8.09. The van der Waals surface area contributed by atoms with Gasteiger partial charge in [-0.25, -0.2) is 22.5 Å². The molecule has 0 atom stereocenters. The molecule has 2 aromatic heterocycles. The van der Waals surface area contributed by atoms with E-state index in [1.807, 2.05) is 0 Å². The Labute approximate surface area is 97.3 Å². The number of aromatic nitrogens is 1. The first-order valence-corrected chi connectivity index (χ1v) is 6.20. The molecule has 0 saturated carbocycles. The molecule has 2 rings (SSSR count). The lowest BCUT2D eigenvalue weighted by atomic mass is 10.5. The predicted octanol–water partition coefficient (Wildman–Crippen LogP) is 1.29. The van der Waals surface area contributed by atoms with Gasteiger partial charge in [-0.1, -0.05) is 0 Å². The Morgan fingerprint density at radius 1 is 1.35 bits per heavy atom. The first-order valence-electron chi connectivity index (χ1n) is 4.72. The van der Waals surface area contributed by atoms with Crippen LogP contribution in [0.4, 0.5) is 4.39 Å². The van der Waals surface area contributed by atoms with Crippen molar-refractivity contribution in [1.82, 2.24) is 9.71 Å². The SMILES string of the molecule is O=S(=O)(NCc1ccco1)c1ncccc1F. The minimum absolute atomic E-state index is 0.0503. The summed E-state index contributed by atoms with van der Waals surface area (Å²) in [5.74, 6) is -0.454. The third kappa shape index (κ3) is 2.69. The van der Waals surface area contributed by atoms with E-state index in [1.165, 1.54) is 18.5 Å². The molecule has 0 aliphatic rings. The van der Waals surface area contributed by atoms with Crippen molar-refractivity contribution in [1.29, 1.82) is 0 Å². The van der Waals surface area contributed by atoms with Gasteiger partial charge in [-0.05, 0) is 24.3 Å². The predicted molar refractivity (Wildman–Crippen MR) is 56.9 cm³/mol. The molecule has 7 heteroatoms. The van der Waals surface area contributed by atoms with Crippen molar-refractivity contribution in [2.45, 2.75) is 11.6 Å². The van der Waals surface area contributed by atoms with Crippen molar-refractivity contribution in [2.24, 2.45) is 0 Å². The van der Waals surface area contributed by atoms with Crippen molar-refractivity contribution in [2.75, 3.05) is 0 Å². The van der Waals surface area contributed by atoms with Gasteiger partial charge in [-0.3, -0.25) is 0 Å². The maximum absolute atomic E-state index is 13.2. The summed E-state index contributed by atoms with van der Waals surface area (Å²) in [5, 5.41) is -0.619. The molecule has 0 bridgehead atoms. The monoisotopic (exact) mass is 256 g/mol. The molecule has 1 N–H and O–H groups in total. The Balaban J connectivity index is 2.17. The molecule has 0 spiro atoms. The Bertz CT molecular complexity index is 596. The normalized spacial score (nSPS) is 11.6. The maximum Gasteiger partial charge on any atom is 0.261 e. The second-order valence-electron chi connectivity index (χ2n) is 3.19. The van der Waals surface area contributed by atoms with Crippen molar-refractivity contribution in [3.8, 4) is 0 Å². The van der Waals surface area contributed by atoms with Crippen molar-refractivity contribution in [3.63, 3.8) is 0 Å². The molecule has 0 fully saturated rings. The van der Waals surface area contributed by atoms with Gasteiger partial charge in [0.25, 0.3) is 10.0 Å². The summed E-state index contributed by atoms with van der Waals surface area (Å²) in [6.07, 6.45) is 2.63. The van der Waals surface area contributed by atoms with Crippen LogP contribution in [0.1, 0.15) is 5.76 Å². The summed E-state index contributed by atoms with van der Waals surface area (Å²) in [5.41, 5.74) is 0. The summed E-state index contributed by atoms with van der Waals surface area (Å²) in [7, 11) is -3.96. The number of sulfonamides is 1. The highest BCUT2D eigenvalue weighted by atomic mass is 32.2. The molecular weight excluding hydrogens is 247 g/mol. The van der Waals surface area contributed by atoms with E-state index < -0.39 is 20.9 Å². The van der Waals surface area contributed by atoms with E-state index in [0.717, 1.165) is 6.07 Å². The Morgan fingerprint density at radius 2 is 2.18 bits per heavy atom. The van der Waals surface area contributed by atoms with Crippen LogP contribution >= 0.6 is 0 Å². The topological polar surface area (TPSA) is 72.2 Å². The van der Waals surface area contributed by atoms with Crippen LogP contribution in [0, 0.1) is 5.82 Å². The van der Waals surface area contributed by atoms with E-state index in [0.29, 0.717) is 5.76 Å². The molecule has 0 radical (unpaired) electrons. The molecule has 0 unspecified atom stereocenters. The zero-order valence-corrected chi connectivity index (χ0v) is 9.45. The zero-order valence-electron chi connectivity index (χ0n) is 8.63. The largest absolute Gasteiger partial charge is 0.468 e. The fraction of sp³-hybridized carbons (Fsp3) is 0.100. The minimum atomic E-state index is -3.96. The smallest absolute Gasteiger partial charge is 0.261 e. The van der Waals surface area contributed by atoms with Crippen molar-refractivity contribution < 1.29 is 17.2 Å². The minimum Gasteiger partial charge on any atom is -0.468 e. The second-order valence-corrected chi connectivity index (χ2v) is 4.88. The fourth-order valence-corrected chi connectivity index (χ4v) is 2.21. The standard InChI is InChI=1S/C10H9FN2O3S/c11-9-4-1-5-12-10(9)17(14,15)13-7-8-3-2-6-16-8/h1-6,13H,7H2. The lowest BCUT2D eigenvalue weighted by Gasteiger charge is -2.04. The summed E-state index contributed by atoms with van der Waals surface area (Å²) in [6.45, 7) is -0.0503. The van der Waals surface area contributed by atoms with Crippen LogP contribution in [0.5, 0.6) is 0 Å². The summed E-state index contributed by atoms with van der Waals surface area (Å²) < 4.78 is 43.8. The van der Waals surface area contributed by atoms with Crippen LogP contribution in [-0.4, -0.2) is 13.4 Å². The number of pyridine rings is 1. The summed E-state index contributed by atoms with van der Waals surface area (Å²) in [6, 6.07) is 5.59. The van der Waals surface area contributed by atoms with Gasteiger partial charge in [0.15, 0.2) is 5.82 Å². The fourth-order valence-electron chi connectivity index (χ4n) is 1.22. The zero-order chi connectivity index (χ0) is 12.3. The Hall–Kier alpha value is -1.73. The number of nitrogens with zero attached hydrogens (tertiary/aromatic N) is 1. The lowest BCUT2D eigenvalue weighted by Crippen LogP contribution is -2.24. The number of hydrogen-bond donors (Lipinski definition) is 1. The van der Waals surface area contributed by atoms with Crippen LogP contribution in [0.2, 0.25) is 0 Å². The average molecular weight is 256 g/mol. The lowest BCUT2D eigenvalue weighted by molar-refractivity contribution is 0.495. The van der Waals surface area contributed by atoms with Crippen LogP contribution in [0.3, 0.4) is 0 Å². The van der Waals surface area contributed by atoms with Gasteiger partial charge >= 0.3 is 0 Å². The van der Waals surface area contributed by atoms with Crippen LogP contribution < -0.4 is 4.72 Å². The average Bonchev–Trinajstić information content (AvgIpc) is 2.80. The van der Waals surface area contributed by atoms with Gasteiger partial charge in [0.2, 0.25) is 5.03 Å². The molecule has 2 aromatic rings. The maximum atomic E-state index is 13.2. The molecule has 2 heterocycles. The van der Waals surface area contributed by atoms with Gasteiger partial charge in [0.05, 0.1) is 12.8 Å². The molecule has 90 valence electrons. The van der Waals surface area contributed by atoms with Gasteiger partial charge in [0.1, 0.15) is 5.76 Å². The van der Waals surface area contributed by atoms with Crippen LogP contribution in [0.15, 0.2) is 46.2 Å². The Kier molecular flexibility index (Phi) is 3.21. The van der Waals surface area contributed by atoms with Gasteiger partial charge in [0, 0.05) is 6.20 Å². The molecule has 0 aliphatic carbocycles. The van der Waals surface area contributed by atoms with E-state index in [2.05, 4.69) is 9.71 Å². The highest BCUT2D eigenvalue weighted by Crippen LogP contribution is 2.10. The van der Waals surface area contributed by atoms with Crippen LogP contribution in [0.25, 0.3) is 0 Å². The highest BCUT2D eigenvalue weighted by molar-refractivity contribution is 7.89. The molecule has 0 saturated heterocycles. The van der Waals surface area contributed by atoms with Gasteiger partial charge in [-0.2, -0.15) is 0 Å². The van der Waals surface area contributed by atoms with Crippen LogP contribution in [-0.2, 0) is 16.6 Å². The second kappa shape index (κ2) is 4.64. The number of hydrogen-bond acceptors (Lipinski definition) is 4. The first kappa shape index (κ1) is 11.7. The van der Waals surface area contributed by atoms with Gasteiger partial charge in [-0.15, -0.1) is 0 Å². The quantitative estimate of drug-likeness (QED) is 0.894. The molecule has 17 heavy (non-hydrogen) atoms. The van der Waals surface area contributed by atoms with E-state index in [1.54, 1.807) is 12.1 Å². The third-order valence-electron chi connectivity index (χ3n) is 2.00. The number of rotatable bonds is 4. The van der Waals surface area contributed by atoms with E-state index >= 15 is 0 Å². The number of nitrogens with one attached hydrogen (secondary N) is 1. The van der Waals surface area contributed by atoms with E-state index in [4.69, 9.17) is 4.42 Å². The molecular formula is C10H9FN2O3S. The molecule has 0 aliphatic heterocycles. The van der Waals surface area contributed by atoms with Crippen molar-refractivity contribution in [3.05, 3.63) is 48.3 Å². The van der Waals surface area contributed by atoms with Gasteiger partial charge < -0.3 is 4.42 Å². The summed E-state index contributed by atoms with van der Waals surface area (Å²) >= 11 is 0. The highest BCUT2D eigenvalue weighted by Gasteiger charge is 2.20. The third-order valence-corrected chi connectivity index (χ3v) is 3.33. The van der Waals surface area contributed by atoms with Crippen molar-refractivity contribution >= 4 is 10.0 Å². The number of halogens is 1. The molecule has 0 aromatic carbocycles. The Morgan fingerprint density at radius 3 is 2.82 bits per heavy atom. The van der Waals surface area contributed by atoms with E-state index in [-0.39, 0.29) is 6.54 Å². The summed E-state index contributed by atoms with van der Waals surface area (Å²) in [4.78, 5) is 3.49. The molecule has 0 amide bonds. The molecule has 5 nitrogen and oxygen atoms in total.